The largest absolute Gasteiger partial charge is 0.384 e. The Bertz CT molecular complexity index is 1270. The maximum atomic E-state index is 13.8. The van der Waals surface area contributed by atoms with Gasteiger partial charge in [-0.2, -0.15) is 5.26 Å². The van der Waals surface area contributed by atoms with Crippen LogP contribution in [0.5, 0.6) is 0 Å². The van der Waals surface area contributed by atoms with Gasteiger partial charge in [0.15, 0.2) is 5.78 Å². The van der Waals surface area contributed by atoms with Gasteiger partial charge in [-0.15, -0.1) is 0 Å². The fraction of sp³-hybridized carbons (Fsp3) is 0.208. The lowest BCUT2D eigenvalue weighted by molar-refractivity contribution is -0.124. The fourth-order valence-electron chi connectivity index (χ4n) is 5.14. The molecule has 154 valence electrons. The Labute approximate surface area is 188 Å². The van der Waals surface area contributed by atoms with E-state index in [0.29, 0.717) is 41.8 Å². The molecule has 5 rings (SSSR count). The van der Waals surface area contributed by atoms with Gasteiger partial charge in [-0.1, -0.05) is 40.2 Å². The average Bonchev–Trinajstić information content (AvgIpc) is 2.97. The Morgan fingerprint density at radius 1 is 1.13 bits per heavy atom. The van der Waals surface area contributed by atoms with E-state index < -0.39 is 5.41 Å². The van der Waals surface area contributed by atoms with Crippen LogP contribution in [0.2, 0.25) is 0 Å². The molecule has 1 atom stereocenters. The monoisotopic (exact) mass is 474 g/mol. The first-order chi connectivity index (χ1) is 14.9. The van der Waals surface area contributed by atoms with E-state index >= 15 is 0 Å². The van der Waals surface area contributed by atoms with E-state index in [9.17, 15) is 14.9 Å². The minimum atomic E-state index is -1.50. The number of ketones is 1. The van der Waals surface area contributed by atoms with Crippen LogP contribution in [0.1, 0.15) is 24.8 Å². The molecule has 1 spiro atoms. The molecule has 2 aromatic rings. The van der Waals surface area contributed by atoms with Crippen molar-refractivity contribution in [1.29, 1.82) is 5.26 Å². The van der Waals surface area contributed by atoms with Gasteiger partial charge >= 0.3 is 0 Å². The van der Waals surface area contributed by atoms with Crippen LogP contribution in [0.4, 0.5) is 11.4 Å². The minimum absolute atomic E-state index is 0.100. The average molecular weight is 475 g/mol. The van der Waals surface area contributed by atoms with Crippen molar-refractivity contribution >= 4 is 39.0 Å². The molecule has 0 saturated carbocycles. The molecule has 2 aromatic carbocycles. The summed E-state index contributed by atoms with van der Waals surface area (Å²) < 4.78 is 0.850. The zero-order chi connectivity index (χ0) is 21.9. The first-order valence-corrected chi connectivity index (χ1v) is 10.8. The van der Waals surface area contributed by atoms with Crippen molar-refractivity contribution in [2.75, 3.05) is 16.8 Å². The number of nitriles is 1. The van der Waals surface area contributed by atoms with E-state index in [2.05, 4.69) is 22.0 Å². The summed E-state index contributed by atoms with van der Waals surface area (Å²) in [5, 5.41) is 10.3. The number of hydrogen-bond donors (Lipinski definition) is 1. The fourth-order valence-corrected chi connectivity index (χ4v) is 5.53. The second kappa shape index (κ2) is 6.82. The Kier molecular flexibility index (Phi) is 4.31. The van der Waals surface area contributed by atoms with E-state index in [4.69, 9.17) is 5.73 Å². The molecule has 2 aliphatic heterocycles. The van der Waals surface area contributed by atoms with Crippen LogP contribution in [0.25, 0.3) is 0 Å². The highest BCUT2D eigenvalue weighted by Gasteiger charge is 2.61. The molecule has 7 heteroatoms. The molecule has 0 unspecified atom stereocenters. The lowest BCUT2D eigenvalue weighted by Gasteiger charge is -2.43. The van der Waals surface area contributed by atoms with E-state index in [-0.39, 0.29) is 23.1 Å². The van der Waals surface area contributed by atoms with Crippen molar-refractivity contribution in [2.45, 2.75) is 24.7 Å². The SMILES string of the molecule is CN1C(=O)[C@@]2(C(C#N)=C(N)N(c3cccc(Br)c3)C3=C2C(=O)CCC3)c2ccccc21. The van der Waals surface area contributed by atoms with Crippen LogP contribution in [0, 0.1) is 11.3 Å². The molecule has 31 heavy (non-hydrogen) atoms. The summed E-state index contributed by atoms with van der Waals surface area (Å²) in [6, 6.07) is 17.1. The Hall–Kier alpha value is -3.37. The molecule has 2 N–H and O–H groups in total. The summed E-state index contributed by atoms with van der Waals surface area (Å²) in [4.78, 5) is 30.6. The molecule has 3 aliphatic rings. The third-order valence-electron chi connectivity index (χ3n) is 6.37. The third kappa shape index (κ3) is 2.42. The molecule has 2 heterocycles. The quantitative estimate of drug-likeness (QED) is 0.676. The van der Waals surface area contributed by atoms with E-state index in [1.165, 1.54) is 4.90 Å². The number of amides is 1. The first kappa shape index (κ1) is 19.6. The van der Waals surface area contributed by atoms with Crippen molar-refractivity contribution < 1.29 is 9.59 Å². The summed E-state index contributed by atoms with van der Waals surface area (Å²) in [6.07, 6.45) is 1.59. The lowest BCUT2D eigenvalue weighted by Crippen LogP contribution is -2.52. The number of para-hydroxylation sites is 1. The van der Waals surface area contributed by atoms with E-state index in [0.717, 1.165) is 10.2 Å². The minimum Gasteiger partial charge on any atom is -0.384 e. The Balaban J connectivity index is 1.91. The molecule has 0 saturated heterocycles. The van der Waals surface area contributed by atoms with Gasteiger partial charge < -0.3 is 10.6 Å². The number of likely N-dealkylation sites (N-methyl/N-ethyl adjacent to an activating group) is 1. The summed E-state index contributed by atoms with van der Waals surface area (Å²) in [7, 11) is 1.68. The number of allylic oxidation sites excluding steroid dienone is 1. The Morgan fingerprint density at radius 2 is 1.90 bits per heavy atom. The summed E-state index contributed by atoms with van der Waals surface area (Å²) in [5.41, 5.74) is 8.38. The van der Waals surface area contributed by atoms with Gasteiger partial charge in [0.25, 0.3) is 0 Å². The van der Waals surface area contributed by atoms with E-state index in [1.807, 2.05) is 48.5 Å². The lowest BCUT2D eigenvalue weighted by atomic mass is 9.64. The van der Waals surface area contributed by atoms with Gasteiger partial charge in [0.1, 0.15) is 17.3 Å². The molecule has 0 radical (unpaired) electrons. The first-order valence-electron chi connectivity index (χ1n) is 10.0. The summed E-state index contributed by atoms with van der Waals surface area (Å²) in [6.45, 7) is 0. The van der Waals surface area contributed by atoms with Gasteiger partial charge in [0.05, 0.1) is 5.57 Å². The van der Waals surface area contributed by atoms with Crippen LogP contribution < -0.4 is 15.5 Å². The standard InChI is InChI=1S/C24H19BrN4O2/c1-28-18-9-3-2-8-16(18)24(23(28)31)17(13-26)22(27)29(15-7-4-6-14(25)12-15)19-10-5-11-20(30)21(19)24/h2-4,6-9,12H,5,10-11,27H2,1H3/t24-/m1/s1. The zero-order valence-corrected chi connectivity index (χ0v) is 18.4. The smallest absolute Gasteiger partial charge is 0.247 e. The van der Waals surface area contributed by atoms with Crippen molar-refractivity contribution in [3.8, 4) is 6.07 Å². The van der Waals surface area contributed by atoms with Crippen LogP contribution in [-0.4, -0.2) is 18.7 Å². The van der Waals surface area contributed by atoms with Crippen LogP contribution in [0.15, 0.2) is 75.7 Å². The zero-order valence-electron chi connectivity index (χ0n) is 16.9. The van der Waals surface area contributed by atoms with Crippen molar-refractivity contribution in [2.24, 2.45) is 5.73 Å². The predicted molar refractivity (Wildman–Crippen MR) is 121 cm³/mol. The molecular formula is C24H19BrN4O2. The maximum absolute atomic E-state index is 13.8. The van der Waals surface area contributed by atoms with Gasteiger partial charge in [-0.25, -0.2) is 0 Å². The summed E-state index contributed by atoms with van der Waals surface area (Å²) in [5.74, 6) is -0.239. The van der Waals surface area contributed by atoms with Crippen molar-refractivity contribution in [3.05, 3.63) is 81.2 Å². The number of anilines is 2. The van der Waals surface area contributed by atoms with Crippen molar-refractivity contribution in [3.63, 3.8) is 0 Å². The molecular weight excluding hydrogens is 456 g/mol. The number of Topliss-reactive ketones (excluding diaryl/α,β-unsaturated/α-hetero) is 1. The number of halogens is 1. The van der Waals surface area contributed by atoms with Crippen LogP contribution in [0.3, 0.4) is 0 Å². The number of carbonyl (C=O) groups is 2. The van der Waals surface area contributed by atoms with Gasteiger partial charge in [0, 0.05) is 46.1 Å². The molecule has 0 aromatic heterocycles. The second-order valence-corrected chi connectivity index (χ2v) is 8.83. The third-order valence-corrected chi connectivity index (χ3v) is 6.87. The maximum Gasteiger partial charge on any atom is 0.247 e. The highest BCUT2D eigenvalue weighted by atomic mass is 79.9. The number of fused-ring (bicyclic) bond motifs is 3. The second-order valence-electron chi connectivity index (χ2n) is 7.92. The van der Waals surface area contributed by atoms with Gasteiger partial charge in [-0.3, -0.25) is 14.5 Å². The number of nitrogens with zero attached hydrogens (tertiary/aromatic N) is 3. The Morgan fingerprint density at radius 3 is 2.65 bits per heavy atom. The number of rotatable bonds is 1. The van der Waals surface area contributed by atoms with Crippen LogP contribution in [-0.2, 0) is 15.0 Å². The molecule has 6 nitrogen and oxygen atoms in total. The molecule has 0 fully saturated rings. The highest BCUT2D eigenvalue weighted by Crippen LogP contribution is 2.56. The molecule has 1 aliphatic carbocycles. The van der Waals surface area contributed by atoms with Gasteiger partial charge in [-0.05, 0) is 37.1 Å². The number of benzene rings is 2. The highest BCUT2D eigenvalue weighted by molar-refractivity contribution is 9.10. The van der Waals surface area contributed by atoms with Crippen LogP contribution >= 0.6 is 15.9 Å². The predicted octanol–water partition coefficient (Wildman–Crippen LogP) is 3.88. The van der Waals surface area contributed by atoms with Gasteiger partial charge in [0.2, 0.25) is 5.91 Å². The molecule has 0 bridgehead atoms. The van der Waals surface area contributed by atoms with Crippen molar-refractivity contribution in [1.82, 2.24) is 0 Å². The topological polar surface area (TPSA) is 90.4 Å². The summed E-state index contributed by atoms with van der Waals surface area (Å²) >= 11 is 3.49. The van der Waals surface area contributed by atoms with E-state index in [1.54, 1.807) is 11.9 Å². The number of nitrogens with two attached hydrogens (primary N) is 1. The number of hydrogen-bond acceptors (Lipinski definition) is 5. The normalized spacial score (nSPS) is 22.7. The molecule has 1 amide bonds. The number of carbonyl (C=O) groups excluding carboxylic acids is 2.